The first-order valence-corrected chi connectivity index (χ1v) is 6.32. The molecule has 0 radical (unpaired) electrons. The van der Waals surface area contributed by atoms with E-state index in [1.54, 1.807) is 0 Å². The second kappa shape index (κ2) is 7.63. The van der Waals surface area contributed by atoms with Crippen molar-refractivity contribution in [1.29, 1.82) is 0 Å². The Morgan fingerprint density at radius 1 is 1.53 bits per heavy atom. The van der Waals surface area contributed by atoms with E-state index in [-0.39, 0.29) is 12.2 Å². The summed E-state index contributed by atoms with van der Waals surface area (Å²) in [6, 6.07) is 4.79. The van der Waals surface area contributed by atoms with Gasteiger partial charge in [0.15, 0.2) is 0 Å². The van der Waals surface area contributed by atoms with Gasteiger partial charge in [0, 0.05) is 18.4 Å². The molecule has 0 aromatic carbocycles. The lowest BCUT2D eigenvalue weighted by molar-refractivity contribution is -0.139. The van der Waals surface area contributed by atoms with Gasteiger partial charge in [-0.3, -0.25) is 19.5 Å². The largest absolute Gasteiger partial charge is 0.481 e. The molecule has 0 aliphatic carbocycles. The Kier molecular flexibility index (Phi) is 6.15. The van der Waals surface area contributed by atoms with Crippen LogP contribution in [0.15, 0.2) is 24.5 Å². The van der Waals surface area contributed by atoms with E-state index in [0.717, 1.165) is 0 Å². The molecule has 0 spiro atoms. The maximum atomic E-state index is 9.87. The first-order chi connectivity index (χ1) is 9.00. The zero-order chi connectivity index (χ0) is 14.3. The van der Waals surface area contributed by atoms with Crippen LogP contribution in [0.4, 0.5) is 0 Å². The van der Waals surface area contributed by atoms with Crippen LogP contribution in [0.2, 0.25) is 0 Å². The Hall–Kier alpha value is -1.75. The fourth-order valence-corrected chi connectivity index (χ4v) is 2.12. The standard InChI is InChI=1S/C10H14N2.C4H6O3/c1-12-7-3-5-10(12)9-4-2-6-11-8-9;1-3(5)2-4(6)7/h2,4,6,8,10H,3,5,7H2,1H3;2H2,1H3,(H,6,7). The van der Waals surface area contributed by atoms with E-state index in [0.29, 0.717) is 6.04 Å². The van der Waals surface area contributed by atoms with Gasteiger partial charge < -0.3 is 5.11 Å². The van der Waals surface area contributed by atoms with Crippen molar-refractivity contribution in [1.82, 2.24) is 9.88 Å². The van der Waals surface area contributed by atoms with Crippen molar-refractivity contribution in [3.05, 3.63) is 30.1 Å². The lowest BCUT2D eigenvalue weighted by Crippen LogP contribution is -2.17. The summed E-state index contributed by atoms with van der Waals surface area (Å²) in [7, 11) is 2.19. The average Bonchev–Trinajstić information content (AvgIpc) is 2.75. The maximum absolute atomic E-state index is 9.87. The summed E-state index contributed by atoms with van der Waals surface area (Å²) in [6.45, 7) is 2.47. The van der Waals surface area contributed by atoms with E-state index in [1.807, 2.05) is 18.5 Å². The van der Waals surface area contributed by atoms with Gasteiger partial charge in [0.05, 0.1) is 0 Å². The molecule has 5 nitrogen and oxygen atoms in total. The summed E-state index contributed by atoms with van der Waals surface area (Å²) in [5.74, 6) is -1.37. The minimum atomic E-state index is -1.06. The minimum absolute atomic E-state index is 0.312. The number of carboxylic acid groups (broad SMARTS) is 1. The van der Waals surface area contributed by atoms with E-state index in [9.17, 15) is 9.59 Å². The van der Waals surface area contributed by atoms with Crippen LogP contribution in [0.25, 0.3) is 0 Å². The number of hydrogen-bond donors (Lipinski definition) is 1. The lowest BCUT2D eigenvalue weighted by atomic mass is 10.1. The summed E-state index contributed by atoms with van der Waals surface area (Å²) in [6.07, 6.45) is 6.04. The van der Waals surface area contributed by atoms with Crippen molar-refractivity contribution in [2.24, 2.45) is 0 Å². The SMILES string of the molecule is CC(=O)CC(=O)O.CN1CCCC1c1cccnc1. The highest BCUT2D eigenvalue weighted by molar-refractivity contribution is 5.93. The molecule has 2 heterocycles. The van der Waals surface area contributed by atoms with Gasteiger partial charge in [-0.1, -0.05) is 6.07 Å². The minimum Gasteiger partial charge on any atom is -0.481 e. The lowest BCUT2D eigenvalue weighted by Gasteiger charge is -2.18. The number of hydrogen-bond acceptors (Lipinski definition) is 4. The van der Waals surface area contributed by atoms with E-state index in [1.165, 1.54) is 31.9 Å². The maximum Gasteiger partial charge on any atom is 0.310 e. The fraction of sp³-hybridized carbons (Fsp3) is 0.500. The quantitative estimate of drug-likeness (QED) is 0.844. The zero-order valence-electron chi connectivity index (χ0n) is 11.4. The Morgan fingerprint density at radius 2 is 2.26 bits per heavy atom. The van der Waals surface area contributed by atoms with Gasteiger partial charge in [-0.25, -0.2) is 0 Å². The highest BCUT2D eigenvalue weighted by Crippen LogP contribution is 2.29. The van der Waals surface area contributed by atoms with Gasteiger partial charge in [-0.2, -0.15) is 0 Å². The Balaban J connectivity index is 0.000000224. The molecular formula is C14H20N2O3. The molecule has 1 N–H and O–H groups in total. The molecule has 5 heteroatoms. The molecule has 1 aliphatic heterocycles. The molecule has 1 aliphatic rings. The number of Topliss-reactive ketones (excluding diaryl/α,β-unsaturated/α-hetero) is 1. The third-order valence-electron chi connectivity index (χ3n) is 2.99. The van der Waals surface area contributed by atoms with Gasteiger partial charge in [0.2, 0.25) is 0 Å². The third kappa shape index (κ3) is 5.61. The van der Waals surface area contributed by atoms with Crippen LogP contribution >= 0.6 is 0 Å². The van der Waals surface area contributed by atoms with Gasteiger partial charge >= 0.3 is 5.97 Å². The van der Waals surface area contributed by atoms with Crippen LogP contribution in [0, 0.1) is 0 Å². The number of rotatable bonds is 3. The fourth-order valence-electron chi connectivity index (χ4n) is 2.12. The van der Waals surface area contributed by atoms with Crippen LogP contribution in [0.3, 0.4) is 0 Å². The van der Waals surface area contributed by atoms with Crippen molar-refractivity contribution < 1.29 is 14.7 Å². The monoisotopic (exact) mass is 264 g/mol. The first-order valence-electron chi connectivity index (χ1n) is 6.32. The second-order valence-electron chi connectivity index (χ2n) is 4.70. The van der Waals surface area contributed by atoms with Gasteiger partial charge in [0.1, 0.15) is 12.2 Å². The van der Waals surface area contributed by atoms with Crippen molar-refractivity contribution in [2.45, 2.75) is 32.2 Å². The molecule has 1 unspecified atom stereocenters. The Bertz CT molecular complexity index is 408. The predicted molar refractivity (Wildman–Crippen MR) is 71.8 cm³/mol. The first kappa shape index (κ1) is 15.3. The summed E-state index contributed by atoms with van der Waals surface area (Å²) in [4.78, 5) is 26.0. The molecule has 1 saturated heterocycles. The van der Waals surface area contributed by atoms with Crippen molar-refractivity contribution in [3.63, 3.8) is 0 Å². The van der Waals surface area contributed by atoms with Crippen LogP contribution in [-0.4, -0.2) is 40.3 Å². The summed E-state index contributed by atoms with van der Waals surface area (Å²) < 4.78 is 0. The van der Waals surface area contributed by atoms with Crippen LogP contribution in [-0.2, 0) is 9.59 Å². The Morgan fingerprint density at radius 3 is 2.63 bits per heavy atom. The van der Waals surface area contributed by atoms with Gasteiger partial charge in [-0.05, 0) is 45.0 Å². The molecule has 0 amide bonds. The number of likely N-dealkylation sites (tertiary alicyclic amines) is 1. The van der Waals surface area contributed by atoms with Crippen molar-refractivity contribution in [3.8, 4) is 0 Å². The number of ketones is 1. The van der Waals surface area contributed by atoms with E-state index >= 15 is 0 Å². The predicted octanol–water partition coefficient (Wildman–Crippen LogP) is 1.90. The van der Waals surface area contributed by atoms with E-state index < -0.39 is 5.97 Å². The molecule has 19 heavy (non-hydrogen) atoms. The van der Waals surface area contributed by atoms with Crippen molar-refractivity contribution in [2.75, 3.05) is 13.6 Å². The van der Waals surface area contributed by atoms with Gasteiger partial charge in [-0.15, -0.1) is 0 Å². The molecule has 0 saturated carbocycles. The van der Waals surface area contributed by atoms with E-state index in [2.05, 4.69) is 23.0 Å². The average molecular weight is 264 g/mol. The van der Waals surface area contributed by atoms with Crippen LogP contribution < -0.4 is 0 Å². The number of pyridine rings is 1. The number of carbonyl (C=O) groups excluding carboxylic acids is 1. The molecular weight excluding hydrogens is 244 g/mol. The summed E-state index contributed by atoms with van der Waals surface area (Å²) in [5, 5.41) is 7.86. The molecule has 1 aromatic heterocycles. The highest BCUT2D eigenvalue weighted by Gasteiger charge is 2.21. The number of aromatic nitrogens is 1. The molecule has 1 aromatic rings. The summed E-state index contributed by atoms with van der Waals surface area (Å²) >= 11 is 0. The normalized spacial score (nSPS) is 18.5. The second-order valence-corrected chi connectivity index (χ2v) is 4.70. The number of carboxylic acids is 1. The summed E-state index contributed by atoms with van der Waals surface area (Å²) in [5.41, 5.74) is 1.36. The third-order valence-corrected chi connectivity index (χ3v) is 2.99. The molecule has 0 bridgehead atoms. The number of aliphatic carboxylic acids is 1. The van der Waals surface area contributed by atoms with Crippen LogP contribution in [0.5, 0.6) is 0 Å². The molecule has 1 atom stereocenters. The number of carbonyl (C=O) groups is 2. The van der Waals surface area contributed by atoms with Crippen molar-refractivity contribution >= 4 is 11.8 Å². The van der Waals surface area contributed by atoms with Crippen LogP contribution in [0.1, 0.15) is 37.8 Å². The highest BCUT2D eigenvalue weighted by atomic mass is 16.4. The Labute approximate surface area is 113 Å². The molecule has 2 rings (SSSR count). The topological polar surface area (TPSA) is 70.5 Å². The molecule has 1 fully saturated rings. The smallest absolute Gasteiger partial charge is 0.310 e. The van der Waals surface area contributed by atoms with Gasteiger partial charge in [0.25, 0.3) is 0 Å². The number of nitrogens with zero attached hydrogens (tertiary/aromatic N) is 2. The molecule has 104 valence electrons. The van der Waals surface area contributed by atoms with E-state index in [4.69, 9.17) is 5.11 Å². The zero-order valence-corrected chi connectivity index (χ0v) is 11.4.